The van der Waals surface area contributed by atoms with Gasteiger partial charge in [0.25, 0.3) is 0 Å². The van der Waals surface area contributed by atoms with Crippen molar-refractivity contribution in [1.82, 2.24) is 0 Å². The molecule has 0 radical (unpaired) electrons. The van der Waals surface area contributed by atoms with E-state index >= 15 is 0 Å². The summed E-state index contributed by atoms with van der Waals surface area (Å²) in [6, 6.07) is 7.61. The van der Waals surface area contributed by atoms with E-state index in [2.05, 4.69) is 4.99 Å². The highest BCUT2D eigenvalue weighted by atomic mass is 16.5. The molecule has 3 heteroatoms. The van der Waals surface area contributed by atoms with E-state index in [1.807, 2.05) is 31.2 Å². The van der Waals surface area contributed by atoms with Crippen LogP contribution in [0.1, 0.15) is 19.4 Å². The fourth-order valence-corrected chi connectivity index (χ4v) is 1.09. The zero-order valence-electron chi connectivity index (χ0n) is 9.23. The normalized spacial score (nSPS) is 10.9. The number of benzene rings is 1. The van der Waals surface area contributed by atoms with Crippen LogP contribution in [0.3, 0.4) is 0 Å². The maximum absolute atomic E-state index is 11.2. The highest BCUT2D eigenvalue weighted by Gasteiger charge is 2.01. The summed E-state index contributed by atoms with van der Waals surface area (Å²) in [5.41, 5.74) is 1.82. The van der Waals surface area contributed by atoms with Crippen LogP contribution < -0.4 is 0 Å². The van der Waals surface area contributed by atoms with Crippen LogP contribution in [-0.4, -0.2) is 18.3 Å². The van der Waals surface area contributed by atoms with Gasteiger partial charge < -0.3 is 4.74 Å². The Hall–Kier alpha value is -1.64. The standard InChI is InChI=1S/C12H15NO2/c1-9(2)15-12(14)8-13-11-7-5-4-6-10(11)3/h4-9H,1-3H3. The van der Waals surface area contributed by atoms with Gasteiger partial charge in [0.15, 0.2) is 0 Å². The second-order valence-electron chi connectivity index (χ2n) is 3.53. The van der Waals surface area contributed by atoms with E-state index in [-0.39, 0.29) is 6.10 Å². The molecule has 15 heavy (non-hydrogen) atoms. The van der Waals surface area contributed by atoms with Crippen LogP contribution in [0, 0.1) is 6.92 Å². The number of hydrogen-bond acceptors (Lipinski definition) is 3. The van der Waals surface area contributed by atoms with Crippen LogP contribution in [0.15, 0.2) is 29.3 Å². The summed E-state index contributed by atoms with van der Waals surface area (Å²) < 4.78 is 4.92. The highest BCUT2D eigenvalue weighted by Crippen LogP contribution is 2.16. The van der Waals surface area contributed by atoms with E-state index in [1.165, 1.54) is 6.21 Å². The minimum atomic E-state index is -0.409. The molecule has 1 aromatic rings. The average molecular weight is 205 g/mol. The minimum absolute atomic E-state index is 0.110. The summed E-state index contributed by atoms with van der Waals surface area (Å²) in [5.74, 6) is -0.409. The number of rotatable bonds is 3. The molecule has 0 heterocycles. The SMILES string of the molecule is Cc1ccccc1N=CC(=O)OC(C)C. The topological polar surface area (TPSA) is 38.7 Å². The Balaban J connectivity index is 2.66. The number of carbonyl (C=O) groups is 1. The van der Waals surface area contributed by atoms with Gasteiger partial charge in [-0.2, -0.15) is 0 Å². The van der Waals surface area contributed by atoms with Gasteiger partial charge in [-0.05, 0) is 32.4 Å². The first-order chi connectivity index (χ1) is 7.09. The number of aryl methyl sites for hydroxylation is 1. The number of aliphatic imine (C=N–C) groups is 1. The predicted octanol–water partition coefficient (Wildman–Crippen LogP) is 2.65. The maximum atomic E-state index is 11.2. The monoisotopic (exact) mass is 205 g/mol. The van der Waals surface area contributed by atoms with E-state index in [9.17, 15) is 4.79 Å². The lowest BCUT2D eigenvalue weighted by molar-refractivity contribution is -0.138. The van der Waals surface area contributed by atoms with Crippen LogP contribution >= 0.6 is 0 Å². The van der Waals surface area contributed by atoms with E-state index in [0.717, 1.165) is 11.3 Å². The molecule has 0 aromatic heterocycles. The summed E-state index contributed by atoms with van der Waals surface area (Å²) in [5, 5.41) is 0. The summed E-state index contributed by atoms with van der Waals surface area (Å²) in [4.78, 5) is 15.2. The van der Waals surface area contributed by atoms with Crippen molar-refractivity contribution in [1.29, 1.82) is 0 Å². The van der Waals surface area contributed by atoms with Crippen LogP contribution in [0.2, 0.25) is 0 Å². The Morgan fingerprint density at radius 2 is 2.07 bits per heavy atom. The Morgan fingerprint density at radius 1 is 1.40 bits per heavy atom. The fraction of sp³-hybridized carbons (Fsp3) is 0.333. The van der Waals surface area contributed by atoms with E-state index in [4.69, 9.17) is 4.74 Å². The molecule has 0 aliphatic carbocycles. The lowest BCUT2D eigenvalue weighted by atomic mass is 10.2. The van der Waals surface area contributed by atoms with E-state index in [0.29, 0.717) is 0 Å². The lowest BCUT2D eigenvalue weighted by Gasteiger charge is -2.03. The van der Waals surface area contributed by atoms with Crippen LogP contribution in [0.4, 0.5) is 5.69 Å². The molecule has 0 bridgehead atoms. The third-order valence-electron chi connectivity index (χ3n) is 1.78. The van der Waals surface area contributed by atoms with Crippen molar-refractivity contribution in [3.8, 4) is 0 Å². The van der Waals surface area contributed by atoms with Crippen molar-refractivity contribution in [3.05, 3.63) is 29.8 Å². The molecule has 1 aromatic carbocycles. The van der Waals surface area contributed by atoms with Gasteiger partial charge in [-0.3, -0.25) is 0 Å². The van der Waals surface area contributed by atoms with Crippen molar-refractivity contribution in [2.45, 2.75) is 26.9 Å². The average Bonchev–Trinajstić information content (AvgIpc) is 2.15. The summed E-state index contributed by atoms with van der Waals surface area (Å²) in [7, 11) is 0. The van der Waals surface area contributed by atoms with Crippen LogP contribution in [-0.2, 0) is 9.53 Å². The molecule has 80 valence electrons. The predicted molar refractivity (Wildman–Crippen MR) is 60.6 cm³/mol. The van der Waals surface area contributed by atoms with E-state index < -0.39 is 5.97 Å². The zero-order valence-corrected chi connectivity index (χ0v) is 9.23. The van der Waals surface area contributed by atoms with Crippen LogP contribution in [0.25, 0.3) is 0 Å². The number of hydrogen-bond donors (Lipinski definition) is 0. The Kier molecular flexibility index (Phi) is 4.03. The van der Waals surface area contributed by atoms with Gasteiger partial charge in [0, 0.05) is 0 Å². The fourth-order valence-electron chi connectivity index (χ4n) is 1.09. The van der Waals surface area contributed by atoms with Crippen molar-refractivity contribution in [2.24, 2.45) is 4.99 Å². The van der Waals surface area contributed by atoms with Gasteiger partial charge in [-0.15, -0.1) is 0 Å². The van der Waals surface area contributed by atoms with Gasteiger partial charge >= 0.3 is 5.97 Å². The molecule has 3 nitrogen and oxygen atoms in total. The van der Waals surface area contributed by atoms with Gasteiger partial charge in [-0.1, -0.05) is 18.2 Å². The third kappa shape index (κ3) is 3.94. The van der Waals surface area contributed by atoms with Gasteiger partial charge in [0.1, 0.15) is 6.21 Å². The van der Waals surface area contributed by atoms with Gasteiger partial charge in [0.2, 0.25) is 0 Å². The lowest BCUT2D eigenvalue weighted by Crippen LogP contribution is -2.11. The first-order valence-electron chi connectivity index (χ1n) is 4.90. The molecule has 0 amide bonds. The number of esters is 1. The van der Waals surface area contributed by atoms with Crippen molar-refractivity contribution < 1.29 is 9.53 Å². The molecule has 1 rings (SSSR count). The molecule has 0 unspecified atom stereocenters. The van der Waals surface area contributed by atoms with Crippen molar-refractivity contribution in [3.63, 3.8) is 0 Å². The molecule has 0 spiro atoms. The molecule has 0 aliphatic rings. The van der Waals surface area contributed by atoms with Crippen LogP contribution in [0.5, 0.6) is 0 Å². The molecule has 0 aliphatic heterocycles. The molecular formula is C12H15NO2. The van der Waals surface area contributed by atoms with E-state index in [1.54, 1.807) is 13.8 Å². The first kappa shape index (κ1) is 11.4. The molecule has 0 N–H and O–H groups in total. The van der Waals surface area contributed by atoms with Gasteiger partial charge in [0.05, 0.1) is 11.8 Å². The Morgan fingerprint density at radius 3 is 2.67 bits per heavy atom. The quantitative estimate of drug-likeness (QED) is 0.562. The molecule has 0 saturated heterocycles. The second kappa shape index (κ2) is 5.29. The number of para-hydroxylation sites is 1. The van der Waals surface area contributed by atoms with Crippen molar-refractivity contribution in [2.75, 3.05) is 0 Å². The summed E-state index contributed by atoms with van der Waals surface area (Å²) in [6.45, 7) is 5.56. The second-order valence-corrected chi connectivity index (χ2v) is 3.53. The molecule has 0 atom stereocenters. The highest BCUT2D eigenvalue weighted by molar-refractivity contribution is 6.23. The zero-order chi connectivity index (χ0) is 11.3. The smallest absolute Gasteiger partial charge is 0.349 e. The third-order valence-corrected chi connectivity index (χ3v) is 1.78. The number of nitrogens with zero attached hydrogens (tertiary/aromatic N) is 1. The summed E-state index contributed by atoms with van der Waals surface area (Å²) in [6.07, 6.45) is 1.10. The molecular weight excluding hydrogens is 190 g/mol. The Bertz CT molecular complexity index is 370. The molecule has 0 fully saturated rings. The number of carbonyl (C=O) groups excluding carboxylic acids is 1. The van der Waals surface area contributed by atoms with Crippen molar-refractivity contribution >= 4 is 17.9 Å². The molecule has 0 saturated carbocycles. The summed E-state index contributed by atoms with van der Waals surface area (Å²) >= 11 is 0. The first-order valence-corrected chi connectivity index (χ1v) is 4.90. The maximum Gasteiger partial charge on any atom is 0.349 e. The largest absolute Gasteiger partial charge is 0.459 e. The van der Waals surface area contributed by atoms with Gasteiger partial charge in [-0.25, -0.2) is 9.79 Å². The Labute approximate surface area is 89.8 Å². The minimum Gasteiger partial charge on any atom is -0.459 e. The number of ether oxygens (including phenoxy) is 1.